The lowest BCUT2D eigenvalue weighted by molar-refractivity contribution is -0.136. The van der Waals surface area contributed by atoms with Gasteiger partial charge in [-0.1, -0.05) is 61.9 Å². The van der Waals surface area contributed by atoms with Gasteiger partial charge in [0, 0.05) is 0 Å². The average molecular weight is 344 g/mol. The van der Waals surface area contributed by atoms with Crippen molar-refractivity contribution < 1.29 is 18.3 Å². The van der Waals surface area contributed by atoms with Crippen LogP contribution in [0, 0.1) is 0 Å². The minimum atomic E-state index is -3.69. The normalized spacial score (nSPS) is 14.9. The van der Waals surface area contributed by atoms with E-state index in [-0.39, 0.29) is 12.2 Å². The van der Waals surface area contributed by atoms with Crippen LogP contribution in [0.1, 0.15) is 37.3 Å². The van der Waals surface area contributed by atoms with E-state index in [1.165, 1.54) is 0 Å². The zero-order valence-corrected chi connectivity index (χ0v) is 14.3. The number of hydrogen-bond acceptors (Lipinski definition) is 3. The first kappa shape index (κ1) is 16.7. The highest BCUT2D eigenvalue weighted by Crippen LogP contribution is 2.54. The molecule has 0 saturated carbocycles. The Morgan fingerprint density at radius 2 is 1.50 bits per heavy atom. The smallest absolute Gasteiger partial charge is 0.304 e. The summed E-state index contributed by atoms with van der Waals surface area (Å²) < 4.78 is 25.5. The molecule has 0 fully saturated rings. The third-order valence-electron chi connectivity index (χ3n) is 4.73. The van der Waals surface area contributed by atoms with Crippen LogP contribution in [0.4, 0.5) is 0 Å². The molecule has 0 spiro atoms. The van der Waals surface area contributed by atoms with Crippen molar-refractivity contribution in [3.63, 3.8) is 0 Å². The molecule has 1 aliphatic rings. The molecular formula is C19H20O4S. The van der Waals surface area contributed by atoms with Gasteiger partial charge >= 0.3 is 5.97 Å². The SMILES string of the molecule is CCCC1(S(=O)(=O)CCC(=O)O)c2ccccc2-c2ccccc21. The Kier molecular flexibility index (Phi) is 4.22. The lowest BCUT2D eigenvalue weighted by Crippen LogP contribution is -2.37. The molecule has 0 aliphatic heterocycles. The van der Waals surface area contributed by atoms with Crippen molar-refractivity contribution in [2.24, 2.45) is 0 Å². The molecule has 0 atom stereocenters. The van der Waals surface area contributed by atoms with Crippen LogP contribution in [0.5, 0.6) is 0 Å². The van der Waals surface area contributed by atoms with E-state index in [0.717, 1.165) is 22.3 Å². The van der Waals surface area contributed by atoms with Crippen LogP contribution in [-0.2, 0) is 19.4 Å². The number of carboxylic acid groups (broad SMARTS) is 1. The number of benzene rings is 2. The Morgan fingerprint density at radius 3 is 1.96 bits per heavy atom. The van der Waals surface area contributed by atoms with Crippen LogP contribution in [0.15, 0.2) is 48.5 Å². The molecule has 0 bridgehead atoms. The largest absolute Gasteiger partial charge is 0.481 e. The highest BCUT2D eigenvalue weighted by atomic mass is 32.2. The molecule has 1 aliphatic carbocycles. The van der Waals surface area contributed by atoms with E-state index >= 15 is 0 Å². The van der Waals surface area contributed by atoms with Gasteiger partial charge < -0.3 is 5.11 Å². The highest BCUT2D eigenvalue weighted by Gasteiger charge is 2.51. The maximum absolute atomic E-state index is 13.3. The van der Waals surface area contributed by atoms with E-state index < -0.39 is 20.6 Å². The van der Waals surface area contributed by atoms with Crippen molar-refractivity contribution in [1.82, 2.24) is 0 Å². The molecule has 0 saturated heterocycles. The van der Waals surface area contributed by atoms with Crippen LogP contribution in [0.3, 0.4) is 0 Å². The number of carbonyl (C=O) groups is 1. The molecule has 126 valence electrons. The summed E-state index contributed by atoms with van der Waals surface area (Å²) in [6.45, 7) is 1.96. The zero-order chi connectivity index (χ0) is 17.4. The van der Waals surface area contributed by atoms with Crippen LogP contribution in [0.2, 0.25) is 0 Å². The fraction of sp³-hybridized carbons (Fsp3) is 0.316. The Labute approximate surface area is 142 Å². The Balaban J connectivity index is 2.29. The summed E-state index contributed by atoms with van der Waals surface area (Å²) in [6.07, 6.45) is 0.760. The van der Waals surface area contributed by atoms with Crippen LogP contribution < -0.4 is 0 Å². The monoisotopic (exact) mass is 344 g/mol. The zero-order valence-electron chi connectivity index (χ0n) is 13.5. The maximum Gasteiger partial charge on any atom is 0.304 e. The molecule has 0 radical (unpaired) electrons. The van der Waals surface area contributed by atoms with E-state index in [1.807, 2.05) is 55.5 Å². The lowest BCUT2D eigenvalue weighted by atomic mass is 9.91. The van der Waals surface area contributed by atoms with Gasteiger partial charge in [-0.15, -0.1) is 0 Å². The van der Waals surface area contributed by atoms with Gasteiger partial charge in [0.1, 0.15) is 4.75 Å². The van der Waals surface area contributed by atoms with Gasteiger partial charge in [-0.2, -0.15) is 0 Å². The van der Waals surface area contributed by atoms with E-state index in [0.29, 0.717) is 12.8 Å². The molecule has 5 heteroatoms. The molecular weight excluding hydrogens is 324 g/mol. The summed E-state index contributed by atoms with van der Waals surface area (Å²) in [7, 11) is -3.69. The first-order chi connectivity index (χ1) is 11.4. The van der Waals surface area contributed by atoms with Gasteiger partial charge in [0.05, 0.1) is 12.2 Å². The van der Waals surface area contributed by atoms with Crippen LogP contribution in [-0.4, -0.2) is 25.2 Å². The molecule has 1 N–H and O–H groups in total. The molecule has 2 aromatic rings. The first-order valence-corrected chi connectivity index (χ1v) is 9.73. The van der Waals surface area contributed by atoms with Gasteiger partial charge in [0.15, 0.2) is 9.84 Å². The van der Waals surface area contributed by atoms with Crippen molar-refractivity contribution in [2.75, 3.05) is 5.75 Å². The van der Waals surface area contributed by atoms with Crippen molar-refractivity contribution in [2.45, 2.75) is 30.9 Å². The molecule has 24 heavy (non-hydrogen) atoms. The van der Waals surface area contributed by atoms with Crippen molar-refractivity contribution >= 4 is 15.8 Å². The van der Waals surface area contributed by atoms with E-state index in [2.05, 4.69) is 0 Å². The Morgan fingerprint density at radius 1 is 1.00 bits per heavy atom. The van der Waals surface area contributed by atoms with Crippen molar-refractivity contribution in [3.8, 4) is 11.1 Å². The van der Waals surface area contributed by atoms with Crippen LogP contribution in [0.25, 0.3) is 11.1 Å². The predicted molar refractivity (Wildman–Crippen MR) is 93.6 cm³/mol. The minimum absolute atomic E-state index is 0.356. The molecule has 0 aromatic heterocycles. The summed E-state index contributed by atoms with van der Waals surface area (Å²) >= 11 is 0. The molecule has 2 aromatic carbocycles. The van der Waals surface area contributed by atoms with E-state index in [9.17, 15) is 13.2 Å². The quantitative estimate of drug-likeness (QED) is 0.869. The van der Waals surface area contributed by atoms with E-state index in [1.54, 1.807) is 0 Å². The van der Waals surface area contributed by atoms with Gasteiger partial charge in [-0.05, 0) is 28.7 Å². The van der Waals surface area contributed by atoms with Crippen LogP contribution >= 0.6 is 0 Å². The third-order valence-corrected chi connectivity index (χ3v) is 7.18. The molecule has 0 amide bonds. The number of rotatable bonds is 6. The highest BCUT2D eigenvalue weighted by molar-refractivity contribution is 7.92. The summed E-state index contributed by atoms with van der Waals surface area (Å²) in [5.74, 6) is -1.45. The second-order valence-corrected chi connectivity index (χ2v) is 8.47. The summed E-state index contributed by atoms with van der Waals surface area (Å²) in [4.78, 5) is 10.9. The minimum Gasteiger partial charge on any atom is -0.481 e. The van der Waals surface area contributed by atoms with Gasteiger partial charge in [0.2, 0.25) is 0 Å². The standard InChI is InChI=1S/C19H20O4S/c1-2-12-19(24(22,23)13-11-18(20)21)16-9-5-3-7-14(16)15-8-4-6-10-17(15)19/h3-10H,2,11-13H2,1H3,(H,20,21). The topological polar surface area (TPSA) is 71.4 Å². The lowest BCUT2D eigenvalue weighted by Gasteiger charge is -2.31. The third kappa shape index (κ3) is 2.35. The fourth-order valence-corrected chi connectivity index (χ4v) is 6.13. The van der Waals surface area contributed by atoms with Gasteiger partial charge in [-0.25, -0.2) is 8.42 Å². The predicted octanol–water partition coefficient (Wildman–Crippen LogP) is 3.60. The van der Waals surface area contributed by atoms with Crippen molar-refractivity contribution in [3.05, 3.63) is 59.7 Å². The van der Waals surface area contributed by atoms with E-state index in [4.69, 9.17) is 5.11 Å². The fourth-order valence-electron chi connectivity index (χ4n) is 3.79. The average Bonchev–Trinajstić information content (AvgIpc) is 2.86. The van der Waals surface area contributed by atoms with Gasteiger partial charge in [0.25, 0.3) is 0 Å². The summed E-state index contributed by atoms with van der Waals surface area (Å²) in [6, 6.07) is 15.1. The maximum atomic E-state index is 13.3. The van der Waals surface area contributed by atoms with Crippen molar-refractivity contribution in [1.29, 1.82) is 0 Å². The number of sulfone groups is 1. The number of carboxylic acids is 1. The molecule has 3 rings (SSSR count). The second-order valence-electron chi connectivity index (χ2n) is 6.13. The first-order valence-electron chi connectivity index (χ1n) is 8.07. The number of hydrogen-bond donors (Lipinski definition) is 1. The number of fused-ring (bicyclic) bond motifs is 3. The molecule has 4 nitrogen and oxygen atoms in total. The summed E-state index contributed by atoms with van der Waals surface area (Å²) in [5.41, 5.74) is 3.41. The second kappa shape index (κ2) is 6.06. The Hall–Kier alpha value is -2.14. The summed E-state index contributed by atoms with van der Waals surface area (Å²) in [5, 5.41) is 8.96. The number of aliphatic carboxylic acids is 1. The van der Waals surface area contributed by atoms with Gasteiger partial charge in [-0.3, -0.25) is 4.79 Å². The Bertz CT molecular complexity index is 838. The molecule has 0 heterocycles. The molecule has 0 unspecified atom stereocenters.